The van der Waals surface area contributed by atoms with Crippen LogP contribution in [0.3, 0.4) is 0 Å². The molecule has 2 nitrogen and oxygen atoms in total. The SMILES string of the molecule is CCCC[Si](C)(C)OC(Cl)c1ccc(OC)cc1. The first-order chi connectivity index (χ1) is 8.48. The Morgan fingerprint density at radius 1 is 1.22 bits per heavy atom. The highest BCUT2D eigenvalue weighted by Gasteiger charge is 2.25. The molecule has 1 unspecified atom stereocenters. The van der Waals surface area contributed by atoms with Crippen molar-refractivity contribution in [2.45, 2.75) is 44.5 Å². The molecule has 0 heterocycles. The van der Waals surface area contributed by atoms with Crippen LogP contribution in [0.25, 0.3) is 0 Å². The van der Waals surface area contributed by atoms with E-state index < -0.39 is 8.32 Å². The Morgan fingerprint density at radius 3 is 2.33 bits per heavy atom. The van der Waals surface area contributed by atoms with Crippen molar-refractivity contribution in [2.24, 2.45) is 0 Å². The minimum atomic E-state index is -1.66. The molecule has 0 radical (unpaired) electrons. The van der Waals surface area contributed by atoms with E-state index in [9.17, 15) is 0 Å². The molecule has 102 valence electrons. The number of alkyl halides is 1. The van der Waals surface area contributed by atoms with E-state index in [1.807, 2.05) is 24.3 Å². The number of rotatable bonds is 7. The molecule has 18 heavy (non-hydrogen) atoms. The van der Waals surface area contributed by atoms with Crippen molar-refractivity contribution >= 4 is 19.9 Å². The second kappa shape index (κ2) is 7.17. The molecule has 0 aromatic heterocycles. The van der Waals surface area contributed by atoms with Gasteiger partial charge in [-0.05, 0) is 36.8 Å². The lowest BCUT2D eigenvalue weighted by Crippen LogP contribution is -2.30. The van der Waals surface area contributed by atoms with Crippen LogP contribution in [0.15, 0.2) is 24.3 Å². The van der Waals surface area contributed by atoms with E-state index >= 15 is 0 Å². The Bertz CT molecular complexity index is 351. The summed E-state index contributed by atoms with van der Waals surface area (Å²) in [4.78, 5) is 0. The topological polar surface area (TPSA) is 18.5 Å². The zero-order valence-electron chi connectivity index (χ0n) is 11.7. The highest BCUT2D eigenvalue weighted by molar-refractivity contribution is 6.71. The zero-order chi connectivity index (χ0) is 13.6. The summed E-state index contributed by atoms with van der Waals surface area (Å²) in [6, 6.07) is 8.90. The number of hydrogen-bond donors (Lipinski definition) is 0. The van der Waals surface area contributed by atoms with Crippen LogP contribution >= 0.6 is 11.6 Å². The van der Waals surface area contributed by atoms with Gasteiger partial charge >= 0.3 is 0 Å². The predicted molar refractivity (Wildman–Crippen MR) is 79.9 cm³/mol. The van der Waals surface area contributed by atoms with Gasteiger partial charge in [-0.2, -0.15) is 0 Å². The van der Waals surface area contributed by atoms with Gasteiger partial charge in [-0.25, -0.2) is 0 Å². The molecule has 1 aromatic rings. The van der Waals surface area contributed by atoms with E-state index in [-0.39, 0.29) is 5.56 Å². The molecule has 0 aliphatic rings. The number of ether oxygens (including phenoxy) is 1. The van der Waals surface area contributed by atoms with Crippen LogP contribution in [-0.4, -0.2) is 15.4 Å². The molecule has 0 bridgehead atoms. The maximum atomic E-state index is 6.34. The third-order valence-electron chi connectivity index (χ3n) is 2.93. The van der Waals surface area contributed by atoms with Gasteiger partial charge in [0, 0.05) is 0 Å². The highest BCUT2D eigenvalue weighted by Crippen LogP contribution is 2.29. The molecular formula is C14H23ClO2Si. The fourth-order valence-electron chi connectivity index (χ4n) is 1.76. The number of unbranched alkanes of at least 4 members (excludes halogenated alkanes) is 1. The van der Waals surface area contributed by atoms with E-state index in [1.54, 1.807) is 7.11 Å². The summed E-state index contributed by atoms with van der Waals surface area (Å²) in [6.45, 7) is 6.65. The molecule has 4 heteroatoms. The molecule has 1 atom stereocenters. The molecular weight excluding hydrogens is 264 g/mol. The lowest BCUT2D eigenvalue weighted by Gasteiger charge is -2.26. The summed E-state index contributed by atoms with van der Waals surface area (Å²) in [5.41, 5.74) is 0.643. The van der Waals surface area contributed by atoms with Crippen molar-refractivity contribution in [3.8, 4) is 5.75 Å². The third-order valence-corrected chi connectivity index (χ3v) is 5.85. The van der Waals surface area contributed by atoms with E-state index in [4.69, 9.17) is 20.8 Å². The van der Waals surface area contributed by atoms with Gasteiger partial charge in [0.25, 0.3) is 0 Å². The van der Waals surface area contributed by atoms with Gasteiger partial charge in [0.2, 0.25) is 0 Å². The standard InChI is InChI=1S/C14H23ClO2Si/c1-5-6-11-18(3,4)17-14(15)12-7-9-13(16-2)10-8-12/h7-10,14H,5-6,11H2,1-4H3. The second-order valence-corrected chi connectivity index (χ2v) is 9.72. The average Bonchev–Trinajstić information content (AvgIpc) is 2.36. The predicted octanol–water partition coefficient (Wildman–Crippen LogP) is 4.95. The molecule has 0 fully saturated rings. The van der Waals surface area contributed by atoms with Gasteiger partial charge < -0.3 is 9.16 Å². The zero-order valence-corrected chi connectivity index (χ0v) is 13.5. The van der Waals surface area contributed by atoms with Gasteiger partial charge in [-0.15, -0.1) is 0 Å². The summed E-state index contributed by atoms with van der Waals surface area (Å²) in [5, 5.41) is 0. The minimum absolute atomic E-state index is 0.352. The van der Waals surface area contributed by atoms with Gasteiger partial charge in [-0.3, -0.25) is 0 Å². The van der Waals surface area contributed by atoms with Crippen LogP contribution in [0.5, 0.6) is 5.75 Å². The largest absolute Gasteiger partial charge is 0.497 e. The average molecular weight is 287 g/mol. The van der Waals surface area contributed by atoms with Crippen molar-refractivity contribution in [3.05, 3.63) is 29.8 Å². The Hall–Kier alpha value is -0.513. The Morgan fingerprint density at radius 2 is 1.83 bits per heavy atom. The molecule has 1 aromatic carbocycles. The summed E-state index contributed by atoms with van der Waals surface area (Å²) in [7, 11) is 0.00195. The van der Waals surface area contributed by atoms with Crippen LogP contribution in [0.4, 0.5) is 0 Å². The van der Waals surface area contributed by atoms with Crippen molar-refractivity contribution < 1.29 is 9.16 Å². The van der Waals surface area contributed by atoms with Crippen LogP contribution in [-0.2, 0) is 4.43 Å². The van der Waals surface area contributed by atoms with Gasteiger partial charge in [-0.1, -0.05) is 43.5 Å². The van der Waals surface area contributed by atoms with Crippen molar-refractivity contribution in [3.63, 3.8) is 0 Å². The Balaban J connectivity index is 2.60. The quantitative estimate of drug-likeness (QED) is 0.521. The molecule has 0 amide bonds. The maximum absolute atomic E-state index is 6.34. The van der Waals surface area contributed by atoms with E-state index in [2.05, 4.69) is 20.0 Å². The first kappa shape index (κ1) is 15.5. The first-order valence-electron chi connectivity index (χ1n) is 6.44. The molecule has 0 aliphatic heterocycles. The highest BCUT2D eigenvalue weighted by atomic mass is 35.5. The van der Waals surface area contributed by atoms with Crippen molar-refractivity contribution in [2.75, 3.05) is 7.11 Å². The van der Waals surface area contributed by atoms with E-state index in [0.29, 0.717) is 0 Å². The summed E-state index contributed by atoms with van der Waals surface area (Å²) < 4.78 is 11.2. The van der Waals surface area contributed by atoms with Crippen LogP contribution in [0, 0.1) is 0 Å². The molecule has 0 aliphatic carbocycles. The van der Waals surface area contributed by atoms with E-state index in [0.717, 1.165) is 17.4 Å². The monoisotopic (exact) mass is 286 g/mol. The first-order valence-corrected chi connectivity index (χ1v) is 9.99. The summed E-state index contributed by atoms with van der Waals surface area (Å²) in [5.74, 6) is 0.838. The number of methoxy groups -OCH3 is 1. The third kappa shape index (κ3) is 5.00. The fourth-order valence-corrected chi connectivity index (χ4v) is 4.65. The van der Waals surface area contributed by atoms with Crippen LogP contribution in [0.2, 0.25) is 19.1 Å². The lowest BCUT2D eigenvalue weighted by molar-refractivity contribution is 0.275. The normalized spacial score (nSPS) is 13.4. The minimum Gasteiger partial charge on any atom is -0.497 e. The van der Waals surface area contributed by atoms with Crippen LogP contribution < -0.4 is 4.74 Å². The van der Waals surface area contributed by atoms with Gasteiger partial charge in [0.15, 0.2) is 8.32 Å². The molecule has 0 spiro atoms. The van der Waals surface area contributed by atoms with Crippen LogP contribution in [0.1, 0.15) is 30.9 Å². The van der Waals surface area contributed by atoms with Gasteiger partial charge in [0.05, 0.1) is 7.11 Å². The lowest BCUT2D eigenvalue weighted by atomic mass is 10.2. The number of hydrogen-bond acceptors (Lipinski definition) is 2. The molecule has 0 saturated heterocycles. The van der Waals surface area contributed by atoms with Gasteiger partial charge in [0.1, 0.15) is 11.3 Å². The number of halogens is 1. The van der Waals surface area contributed by atoms with Crippen molar-refractivity contribution in [1.82, 2.24) is 0 Å². The summed E-state index contributed by atoms with van der Waals surface area (Å²) >= 11 is 6.34. The second-order valence-electron chi connectivity index (χ2n) is 5.07. The molecule has 1 rings (SSSR count). The smallest absolute Gasteiger partial charge is 0.189 e. The molecule has 0 saturated carbocycles. The van der Waals surface area contributed by atoms with Crippen molar-refractivity contribution in [1.29, 1.82) is 0 Å². The number of benzene rings is 1. The summed E-state index contributed by atoms with van der Waals surface area (Å²) in [6.07, 6.45) is 2.42. The Labute approximate surface area is 116 Å². The molecule has 0 N–H and O–H groups in total. The maximum Gasteiger partial charge on any atom is 0.189 e. The van der Waals surface area contributed by atoms with E-state index in [1.165, 1.54) is 12.8 Å². The fraction of sp³-hybridized carbons (Fsp3) is 0.571. The Kier molecular flexibility index (Phi) is 6.19.